The molecule has 0 unspecified atom stereocenters. The summed E-state index contributed by atoms with van der Waals surface area (Å²) in [6.45, 7) is 13.9. The molecule has 27 heavy (non-hydrogen) atoms. The van der Waals surface area contributed by atoms with Crippen LogP contribution in [0.15, 0.2) is 0 Å². The molecule has 1 aromatic heterocycles. The monoisotopic (exact) mass is 379 g/mol. The Morgan fingerprint density at radius 3 is 2.52 bits per heavy atom. The molecule has 0 spiro atoms. The van der Waals surface area contributed by atoms with Crippen LogP contribution in [-0.2, 0) is 24.8 Å². The number of carbonyl (C=O) groups excluding carboxylic acids is 2. The molecule has 0 atom stereocenters. The molecule has 0 bridgehead atoms. The van der Waals surface area contributed by atoms with Crippen molar-refractivity contribution in [3.05, 3.63) is 17.0 Å². The van der Waals surface area contributed by atoms with E-state index in [1.807, 2.05) is 27.8 Å². The van der Waals surface area contributed by atoms with Crippen LogP contribution in [0.2, 0.25) is 0 Å². The van der Waals surface area contributed by atoms with E-state index in [4.69, 9.17) is 4.74 Å². The minimum atomic E-state index is -0.545. The summed E-state index contributed by atoms with van der Waals surface area (Å²) in [5.41, 5.74) is 1.68. The van der Waals surface area contributed by atoms with Crippen molar-refractivity contribution in [2.45, 2.75) is 53.2 Å². The molecular weight excluding hydrogens is 346 g/mol. The van der Waals surface area contributed by atoms with Gasteiger partial charge in [-0.25, -0.2) is 4.79 Å². The summed E-state index contributed by atoms with van der Waals surface area (Å²) >= 11 is 0. The number of aromatic nitrogens is 2. The summed E-state index contributed by atoms with van der Waals surface area (Å²) in [6.07, 6.45) is 0.301. The molecule has 0 radical (unpaired) electrons. The Morgan fingerprint density at radius 1 is 1.26 bits per heavy atom. The molecule has 0 aromatic carbocycles. The molecule has 0 aliphatic carbocycles. The van der Waals surface area contributed by atoms with Gasteiger partial charge >= 0.3 is 6.09 Å². The second-order valence-electron chi connectivity index (χ2n) is 7.83. The Kier molecular flexibility index (Phi) is 6.86. The second-order valence-corrected chi connectivity index (χ2v) is 7.83. The van der Waals surface area contributed by atoms with Crippen LogP contribution in [-0.4, -0.2) is 69.9 Å². The first kappa shape index (κ1) is 21.2. The molecule has 8 nitrogen and oxygen atoms in total. The quantitative estimate of drug-likeness (QED) is 0.815. The number of fused-ring (bicyclic) bond motifs is 1. The zero-order valence-corrected chi connectivity index (χ0v) is 17.5. The number of amides is 2. The fraction of sp³-hybridized carbons (Fsp3) is 0.737. The van der Waals surface area contributed by atoms with Crippen LogP contribution in [0.4, 0.5) is 4.79 Å². The van der Waals surface area contributed by atoms with Gasteiger partial charge in [0.15, 0.2) is 5.69 Å². The van der Waals surface area contributed by atoms with Crippen molar-refractivity contribution >= 4 is 12.0 Å². The van der Waals surface area contributed by atoms with Crippen molar-refractivity contribution in [3.8, 4) is 0 Å². The maximum absolute atomic E-state index is 12.7. The zero-order valence-electron chi connectivity index (χ0n) is 17.5. The first-order valence-electron chi connectivity index (χ1n) is 9.69. The van der Waals surface area contributed by atoms with E-state index in [1.165, 1.54) is 0 Å². The lowest BCUT2D eigenvalue weighted by atomic mass is 10.1. The summed E-state index contributed by atoms with van der Waals surface area (Å²) in [4.78, 5) is 28.9. The van der Waals surface area contributed by atoms with Crippen LogP contribution in [0, 0.1) is 0 Å². The Labute approximate surface area is 161 Å². The van der Waals surface area contributed by atoms with Gasteiger partial charge < -0.3 is 19.9 Å². The van der Waals surface area contributed by atoms with E-state index in [9.17, 15) is 9.59 Å². The summed E-state index contributed by atoms with van der Waals surface area (Å²) in [5, 5.41) is 7.36. The van der Waals surface area contributed by atoms with Crippen molar-refractivity contribution in [2.24, 2.45) is 7.05 Å². The number of ether oxygens (including phenoxy) is 1. The SMILES string of the molecule is CCN(CC)CCNC(=O)c1nn(C)c2c1CN(C(=O)OC(C)(C)C)CC2. The second kappa shape index (κ2) is 8.73. The third-order valence-electron chi connectivity index (χ3n) is 4.72. The number of rotatable bonds is 6. The molecule has 1 aliphatic heterocycles. The van der Waals surface area contributed by atoms with E-state index < -0.39 is 5.60 Å². The lowest BCUT2D eigenvalue weighted by Gasteiger charge is -2.30. The molecule has 2 amide bonds. The molecule has 1 aliphatic rings. The van der Waals surface area contributed by atoms with Gasteiger partial charge in [0.05, 0.1) is 6.54 Å². The lowest BCUT2D eigenvalue weighted by Crippen LogP contribution is -2.40. The van der Waals surface area contributed by atoms with Gasteiger partial charge in [-0.2, -0.15) is 5.10 Å². The maximum Gasteiger partial charge on any atom is 0.410 e. The largest absolute Gasteiger partial charge is 0.444 e. The predicted octanol–water partition coefficient (Wildman–Crippen LogP) is 1.78. The number of hydrogen-bond acceptors (Lipinski definition) is 5. The van der Waals surface area contributed by atoms with Crippen molar-refractivity contribution in [3.63, 3.8) is 0 Å². The molecule has 1 N–H and O–H groups in total. The number of nitrogens with zero attached hydrogens (tertiary/aromatic N) is 4. The van der Waals surface area contributed by atoms with Gasteiger partial charge in [0.25, 0.3) is 5.91 Å². The smallest absolute Gasteiger partial charge is 0.410 e. The fourth-order valence-corrected chi connectivity index (χ4v) is 3.21. The minimum absolute atomic E-state index is 0.190. The van der Waals surface area contributed by atoms with Crippen LogP contribution in [0.25, 0.3) is 0 Å². The minimum Gasteiger partial charge on any atom is -0.444 e. The fourth-order valence-electron chi connectivity index (χ4n) is 3.21. The van der Waals surface area contributed by atoms with E-state index in [2.05, 4.69) is 29.2 Å². The molecule has 0 saturated heterocycles. The normalized spacial score (nSPS) is 14.3. The molecular formula is C19H33N5O3. The van der Waals surface area contributed by atoms with Gasteiger partial charge in [-0.1, -0.05) is 13.8 Å². The summed E-state index contributed by atoms with van der Waals surface area (Å²) in [5.74, 6) is -0.190. The molecule has 152 valence electrons. The third-order valence-corrected chi connectivity index (χ3v) is 4.72. The Bertz CT molecular complexity index is 674. The van der Waals surface area contributed by atoms with Gasteiger partial charge in [-0.15, -0.1) is 0 Å². The first-order valence-corrected chi connectivity index (χ1v) is 9.69. The predicted molar refractivity (Wildman–Crippen MR) is 104 cm³/mol. The number of nitrogens with one attached hydrogen (secondary N) is 1. The highest BCUT2D eigenvalue weighted by Gasteiger charge is 2.31. The highest BCUT2D eigenvalue weighted by Crippen LogP contribution is 2.23. The number of aryl methyl sites for hydroxylation is 1. The Balaban J connectivity index is 2.07. The lowest BCUT2D eigenvalue weighted by molar-refractivity contribution is 0.0221. The topological polar surface area (TPSA) is 79.7 Å². The van der Waals surface area contributed by atoms with Crippen LogP contribution in [0.5, 0.6) is 0 Å². The Hall–Kier alpha value is -2.09. The summed E-state index contributed by atoms with van der Waals surface area (Å²) < 4.78 is 7.22. The third kappa shape index (κ3) is 5.45. The molecule has 0 saturated carbocycles. The summed E-state index contributed by atoms with van der Waals surface area (Å²) in [6, 6.07) is 0. The molecule has 2 rings (SSSR count). The van der Waals surface area contributed by atoms with Crippen molar-refractivity contribution in [1.29, 1.82) is 0 Å². The van der Waals surface area contributed by atoms with E-state index >= 15 is 0 Å². The molecule has 2 heterocycles. The van der Waals surface area contributed by atoms with Gasteiger partial charge in [-0.05, 0) is 33.9 Å². The molecule has 8 heteroatoms. The van der Waals surface area contributed by atoms with Crippen molar-refractivity contribution < 1.29 is 14.3 Å². The maximum atomic E-state index is 12.7. The Morgan fingerprint density at radius 2 is 1.93 bits per heavy atom. The van der Waals surface area contributed by atoms with Gasteiger partial charge in [0.1, 0.15) is 5.60 Å². The van der Waals surface area contributed by atoms with Crippen molar-refractivity contribution in [1.82, 2.24) is 24.9 Å². The standard InChI is InChI=1S/C19H33N5O3/c1-7-23(8-2)12-10-20-17(25)16-14-13-24(18(26)27-19(3,4)5)11-9-15(14)22(6)21-16/h7-13H2,1-6H3,(H,20,25). The number of likely N-dealkylation sites (N-methyl/N-ethyl adjacent to an activating group) is 1. The van der Waals surface area contributed by atoms with Crippen LogP contribution in [0.3, 0.4) is 0 Å². The van der Waals surface area contributed by atoms with Crippen LogP contribution >= 0.6 is 0 Å². The zero-order chi connectivity index (χ0) is 20.2. The number of carbonyl (C=O) groups is 2. The van der Waals surface area contributed by atoms with Gasteiger partial charge in [0, 0.05) is 44.4 Å². The van der Waals surface area contributed by atoms with E-state index in [0.717, 1.165) is 30.9 Å². The average molecular weight is 380 g/mol. The van der Waals surface area contributed by atoms with E-state index in [-0.39, 0.29) is 12.0 Å². The van der Waals surface area contributed by atoms with E-state index in [0.29, 0.717) is 31.7 Å². The van der Waals surface area contributed by atoms with Crippen molar-refractivity contribution in [2.75, 3.05) is 32.7 Å². The summed E-state index contributed by atoms with van der Waals surface area (Å²) in [7, 11) is 1.84. The van der Waals surface area contributed by atoms with Gasteiger partial charge in [0.2, 0.25) is 0 Å². The highest BCUT2D eigenvalue weighted by atomic mass is 16.6. The number of hydrogen-bond donors (Lipinski definition) is 1. The highest BCUT2D eigenvalue weighted by molar-refractivity contribution is 5.94. The van der Waals surface area contributed by atoms with Crippen LogP contribution in [0.1, 0.15) is 56.4 Å². The van der Waals surface area contributed by atoms with Crippen LogP contribution < -0.4 is 5.32 Å². The van der Waals surface area contributed by atoms with Gasteiger partial charge in [-0.3, -0.25) is 9.48 Å². The van der Waals surface area contributed by atoms with E-state index in [1.54, 1.807) is 9.58 Å². The molecule has 0 fully saturated rings. The molecule has 1 aromatic rings. The average Bonchev–Trinajstić information content (AvgIpc) is 2.93. The first-order chi connectivity index (χ1) is 12.7.